The third-order valence-electron chi connectivity index (χ3n) is 2.84. The SMILES string of the molecule is COc1ccc(C(O)Cc2ccccc2)c(Br)c1. The van der Waals surface area contributed by atoms with Gasteiger partial charge in [0.05, 0.1) is 13.2 Å². The van der Waals surface area contributed by atoms with Gasteiger partial charge < -0.3 is 9.84 Å². The molecule has 2 aromatic rings. The Morgan fingerprint density at radius 1 is 1.17 bits per heavy atom. The van der Waals surface area contributed by atoms with Gasteiger partial charge in [-0.2, -0.15) is 0 Å². The second-order valence-corrected chi connectivity index (χ2v) is 4.95. The summed E-state index contributed by atoms with van der Waals surface area (Å²) in [5.74, 6) is 0.775. The number of benzene rings is 2. The lowest BCUT2D eigenvalue weighted by atomic mass is 10.0. The number of hydrogen-bond acceptors (Lipinski definition) is 2. The molecule has 2 aromatic carbocycles. The molecular weight excluding hydrogens is 292 g/mol. The molecule has 0 spiro atoms. The molecule has 0 aliphatic rings. The monoisotopic (exact) mass is 306 g/mol. The molecule has 2 nitrogen and oxygen atoms in total. The Hall–Kier alpha value is -1.32. The summed E-state index contributed by atoms with van der Waals surface area (Å²) in [6.45, 7) is 0. The Morgan fingerprint density at radius 3 is 2.50 bits per heavy atom. The number of halogens is 1. The van der Waals surface area contributed by atoms with Crippen molar-refractivity contribution in [3.63, 3.8) is 0 Å². The highest BCUT2D eigenvalue weighted by atomic mass is 79.9. The molecular formula is C15H15BrO2. The van der Waals surface area contributed by atoms with Gasteiger partial charge in [-0.05, 0) is 23.3 Å². The maximum atomic E-state index is 10.2. The summed E-state index contributed by atoms with van der Waals surface area (Å²) in [5.41, 5.74) is 1.99. The predicted molar refractivity (Wildman–Crippen MR) is 75.8 cm³/mol. The van der Waals surface area contributed by atoms with Crippen LogP contribution in [0.15, 0.2) is 53.0 Å². The largest absolute Gasteiger partial charge is 0.497 e. The standard InChI is InChI=1S/C15H15BrO2/c1-18-12-7-8-13(14(16)10-12)15(17)9-11-5-3-2-4-6-11/h2-8,10,15,17H,9H2,1H3. The second kappa shape index (κ2) is 6.03. The lowest BCUT2D eigenvalue weighted by molar-refractivity contribution is 0.177. The Morgan fingerprint density at radius 2 is 1.89 bits per heavy atom. The molecule has 0 heterocycles. The van der Waals surface area contributed by atoms with E-state index in [-0.39, 0.29) is 0 Å². The van der Waals surface area contributed by atoms with Crippen molar-refractivity contribution < 1.29 is 9.84 Å². The topological polar surface area (TPSA) is 29.5 Å². The number of methoxy groups -OCH3 is 1. The number of rotatable bonds is 4. The lowest BCUT2D eigenvalue weighted by Gasteiger charge is -2.14. The van der Waals surface area contributed by atoms with Gasteiger partial charge in [-0.1, -0.05) is 52.3 Å². The average molecular weight is 307 g/mol. The molecule has 0 saturated carbocycles. The molecule has 0 aromatic heterocycles. The minimum atomic E-state index is -0.521. The summed E-state index contributed by atoms with van der Waals surface area (Å²) in [7, 11) is 1.63. The molecule has 3 heteroatoms. The maximum Gasteiger partial charge on any atom is 0.120 e. The quantitative estimate of drug-likeness (QED) is 0.932. The highest BCUT2D eigenvalue weighted by molar-refractivity contribution is 9.10. The van der Waals surface area contributed by atoms with Crippen molar-refractivity contribution in [2.75, 3.05) is 7.11 Å². The fourth-order valence-electron chi connectivity index (χ4n) is 1.85. The molecule has 1 atom stereocenters. The highest BCUT2D eigenvalue weighted by Gasteiger charge is 2.12. The molecule has 2 rings (SSSR count). The van der Waals surface area contributed by atoms with Crippen LogP contribution in [-0.2, 0) is 6.42 Å². The molecule has 0 fully saturated rings. The van der Waals surface area contributed by atoms with E-state index in [0.29, 0.717) is 6.42 Å². The minimum Gasteiger partial charge on any atom is -0.497 e. The molecule has 1 unspecified atom stereocenters. The third kappa shape index (κ3) is 3.12. The zero-order chi connectivity index (χ0) is 13.0. The van der Waals surface area contributed by atoms with E-state index in [2.05, 4.69) is 15.9 Å². The van der Waals surface area contributed by atoms with Crippen LogP contribution in [0.1, 0.15) is 17.2 Å². The van der Waals surface area contributed by atoms with Crippen LogP contribution in [0.25, 0.3) is 0 Å². The van der Waals surface area contributed by atoms with Crippen LogP contribution in [0.3, 0.4) is 0 Å². The van der Waals surface area contributed by atoms with E-state index in [0.717, 1.165) is 21.3 Å². The maximum absolute atomic E-state index is 10.2. The van der Waals surface area contributed by atoms with Crippen molar-refractivity contribution in [1.82, 2.24) is 0 Å². The van der Waals surface area contributed by atoms with E-state index < -0.39 is 6.10 Å². The van der Waals surface area contributed by atoms with Gasteiger partial charge in [0.15, 0.2) is 0 Å². The zero-order valence-corrected chi connectivity index (χ0v) is 11.7. The second-order valence-electron chi connectivity index (χ2n) is 4.09. The Bertz CT molecular complexity index is 511. The van der Waals surface area contributed by atoms with Gasteiger partial charge in [0.1, 0.15) is 5.75 Å². The fourth-order valence-corrected chi connectivity index (χ4v) is 2.47. The molecule has 0 aliphatic heterocycles. The molecule has 0 aliphatic carbocycles. The predicted octanol–water partition coefficient (Wildman–Crippen LogP) is 3.73. The first-order valence-electron chi connectivity index (χ1n) is 5.76. The van der Waals surface area contributed by atoms with Gasteiger partial charge >= 0.3 is 0 Å². The van der Waals surface area contributed by atoms with Gasteiger partial charge in [0.2, 0.25) is 0 Å². The van der Waals surface area contributed by atoms with Gasteiger partial charge in [-0.3, -0.25) is 0 Å². The van der Waals surface area contributed by atoms with Crippen LogP contribution in [0.4, 0.5) is 0 Å². The van der Waals surface area contributed by atoms with Gasteiger partial charge in [0, 0.05) is 10.9 Å². The Labute approximate surface area is 115 Å². The van der Waals surface area contributed by atoms with E-state index in [1.54, 1.807) is 7.11 Å². The molecule has 0 radical (unpaired) electrons. The van der Waals surface area contributed by atoms with E-state index in [1.807, 2.05) is 48.5 Å². The van der Waals surface area contributed by atoms with Crippen molar-refractivity contribution in [2.45, 2.75) is 12.5 Å². The minimum absolute atomic E-state index is 0.521. The summed E-state index contributed by atoms with van der Waals surface area (Å²) < 4.78 is 6.00. The zero-order valence-electron chi connectivity index (χ0n) is 10.1. The van der Waals surface area contributed by atoms with Crippen molar-refractivity contribution in [1.29, 1.82) is 0 Å². The summed E-state index contributed by atoms with van der Waals surface area (Å²) >= 11 is 3.46. The van der Waals surface area contributed by atoms with Crippen molar-refractivity contribution in [3.8, 4) is 5.75 Å². The van der Waals surface area contributed by atoms with Crippen molar-refractivity contribution >= 4 is 15.9 Å². The first-order chi connectivity index (χ1) is 8.70. The Kier molecular flexibility index (Phi) is 4.39. The summed E-state index contributed by atoms with van der Waals surface area (Å²) in [6.07, 6.45) is 0.0823. The van der Waals surface area contributed by atoms with Gasteiger partial charge in [-0.25, -0.2) is 0 Å². The average Bonchev–Trinajstić information content (AvgIpc) is 2.39. The first-order valence-corrected chi connectivity index (χ1v) is 6.55. The van der Waals surface area contributed by atoms with E-state index in [4.69, 9.17) is 4.74 Å². The number of hydrogen-bond donors (Lipinski definition) is 1. The fraction of sp³-hybridized carbons (Fsp3) is 0.200. The van der Waals surface area contributed by atoms with Crippen molar-refractivity contribution in [2.24, 2.45) is 0 Å². The molecule has 1 N–H and O–H groups in total. The smallest absolute Gasteiger partial charge is 0.120 e. The first kappa shape index (κ1) is 13.1. The van der Waals surface area contributed by atoms with Gasteiger partial charge in [0.25, 0.3) is 0 Å². The van der Waals surface area contributed by atoms with Crippen LogP contribution in [-0.4, -0.2) is 12.2 Å². The van der Waals surface area contributed by atoms with E-state index >= 15 is 0 Å². The molecule has 94 valence electrons. The highest BCUT2D eigenvalue weighted by Crippen LogP contribution is 2.29. The molecule has 18 heavy (non-hydrogen) atoms. The third-order valence-corrected chi connectivity index (χ3v) is 3.53. The van der Waals surface area contributed by atoms with E-state index in [1.165, 1.54) is 0 Å². The molecule has 0 bridgehead atoms. The number of ether oxygens (including phenoxy) is 1. The van der Waals surface area contributed by atoms with Crippen molar-refractivity contribution in [3.05, 3.63) is 64.1 Å². The van der Waals surface area contributed by atoms with Gasteiger partial charge in [-0.15, -0.1) is 0 Å². The van der Waals surface area contributed by atoms with Crippen LogP contribution in [0.2, 0.25) is 0 Å². The molecule has 0 saturated heterocycles. The summed E-state index contributed by atoms with van der Waals surface area (Å²) in [5, 5.41) is 10.2. The van der Waals surface area contributed by atoms with Crippen LogP contribution in [0.5, 0.6) is 5.75 Å². The lowest BCUT2D eigenvalue weighted by Crippen LogP contribution is -2.02. The van der Waals surface area contributed by atoms with E-state index in [9.17, 15) is 5.11 Å². The van der Waals surface area contributed by atoms with Crippen LogP contribution < -0.4 is 4.74 Å². The van der Waals surface area contributed by atoms with Crippen LogP contribution in [0, 0.1) is 0 Å². The normalized spacial score (nSPS) is 12.2. The number of aliphatic hydroxyl groups excluding tert-OH is 1. The number of aliphatic hydroxyl groups is 1. The summed E-state index contributed by atoms with van der Waals surface area (Å²) in [4.78, 5) is 0. The summed E-state index contributed by atoms with van der Waals surface area (Å²) in [6, 6.07) is 15.6. The van der Waals surface area contributed by atoms with Crippen LogP contribution >= 0.6 is 15.9 Å². The Balaban J connectivity index is 2.16. The molecule has 0 amide bonds.